The summed E-state index contributed by atoms with van der Waals surface area (Å²) in [6.45, 7) is 0.186. The number of aromatic nitrogens is 2. The number of halogens is 1. The van der Waals surface area contributed by atoms with Gasteiger partial charge in [0.1, 0.15) is 11.6 Å². The number of nitrogens with zero attached hydrogens (tertiary/aromatic N) is 2. The minimum Gasteiger partial charge on any atom is -0.345 e. The second-order valence-electron chi connectivity index (χ2n) is 4.72. The van der Waals surface area contributed by atoms with Crippen molar-refractivity contribution in [1.82, 2.24) is 15.3 Å². The Labute approximate surface area is 125 Å². The van der Waals surface area contributed by atoms with Gasteiger partial charge < -0.3 is 10.3 Å². The number of hydrogen-bond donors (Lipinski definition) is 2. The Bertz CT molecular complexity index is 895. The number of aromatic amines is 1. The first-order chi connectivity index (χ1) is 10.7. The Morgan fingerprint density at radius 2 is 2.18 bits per heavy atom. The molecule has 3 rings (SSSR count). The highest BCUT2D eigenvalue weighted by Gasteiger charge is 2.08. The van der Waals surface area contributed by atoms with E-state index in [1.54, 1.807) is 24.3 Å². The zero-order chi connectivity index (χ0) is 15.5. The number of carbonyl (C=O) groups is 1. The number of nitriles is 1. The summed E-state index contributed by atoms with van der Waals surface area (Å²) in [4.78, 5) is 19.2. The lowest BCUT2D eigenvalue weighted by Crippen LogP contribution is -2.23. The van der Waals surface area contributed by atoms with Gasteiger partial charge in [-0.15, -0.1) is 0 Å². The molecule has 6 heteroatoms. The van der Waals surface area contributed by atoms with Gasteiger partial charge in [0.25, 0.3) is 5.91 Å². The van der Waals surface area contributed by atoms with E-state index in [9.17, 15) is 9.18 Å². The molecule has 0 bridgehead atoms. The van der Waals surface area contributed by atoms with Gasteiger partial charge in [-0.1, -0.05) is 6.07 Å². The number of imidazole rings is 1. The Morgan fingerprint density at radius 3 is 3.00 bits per heavy atom. The first kappa shape index (κ1) is 13.8. The van der Waals surface area contributed by atoms with Crippen molar-refractivity contribution in [2.24, 2.45) is 0 Å². The third-order valence-electron chi connectivity index (χ3n) is 3.16. The molecule has 0 saturated carbocycles. The second kappa shape index (κ2) is 5.66. The summed E-state index contributed by atoms with van der Waals surface area (Å²) in [5, 5.41) is 11.5. The predicted octanol–water partition coefficient (Wildman–Crippen LogP) is 2.50. The number of hydrogen-bond acceptors (Lipinski definition) is 3. The molecule has 1 heterocycles. The number of carbonyl (C=O) groups excluding carboxylic acids is 1. The van der Waals surface area contributed by atoms with Crippen LogP contribution in [0.5, 0.6) is 0 Å². The first-order valence-corrected chi connectivity index (χ1v) is 6.58. The SMILES string of the molecule is N#Cc1cccc(C(=O)NCc2nc3ccc(F)cc3[nH]2)c1. The van der Waals surface area contributed by atoms with Crippen LogP contribution in [0.1, 0.15) is 21.7 Å². The molecule has 0 aliphatic heterocycles. The molecule has 2 N–H and O–H groups in total. The lowest BCUT2D eigenvalue weighted by atomic mass is 10.1. The van der Waals surface area contributed by atoms with Gasteiger partial charge in [0, 0.05) is 5.56 Å². The van der Waals surface area contributed by atoms with Crippen molar-refractivity contribution >= 4 is 16.9 Å². The molecule has 0 saturated heterocycles. The van der Waals surface area contributed by atoms with E-state index < -0.39 is 0 Å². The van der Waals surface area contributed by atoms with Crippen molar-refractivity contribution in [3.63, 3.8) is 0 Å². The molecule has 0 spiro atoms. The van der Waals surface area contributed by atoms with E-state index in [0.29, 0.717) is 28.0 Å². The van der Waals surface area contributed by atoms with Gasteiger partial charge in [0.15, 0.2) is 0 Å². The molecule has 0 aliphatic rings. The molecular formula is C16H11FN4O. The molecule has 22 heavy (non-hydrogen) atoms. The fourth-order valence-corrected chi connectivity index (χ4v) is 2.11. The van der Waals surface area contributed by atoms with Crippen molar-refractivity contribution < 1.29 is 9.18 Å². The Hall–Kier alpha value is -3.20. The zero-order valence-electron chi connectivity index (χ0n) is 11.4. The molecular weight excluding hydrogens is 283 g/mol. The van der Waals surface area contributed by atoms with Crippen LogP contribution >= 0.6 is 0 Å². The molecule has 0 atom stereocenters. The summed E-state index contributed by atoms with van der Waals surface area (Å²) in [5.74, 6) is -0.117. The molecule has 2 aromatic carbocycles. The van der Waals surface area contributed by atoms with Crippen LogP contribution in [0.4, 0.5) is 4.39 Å². The fraction of sp³-hybridized carbons (Fsp3) is 0.0625. The minimum absolute atomic E-state index is 0.186. The molecule has 5 nitrogen and oxygen atoms in total. The Morgan fingerprint density at radius 1 is 1.32 bits per heavy atom. The molecule has 1 aromatic heterocycles. The third-order valence-corrected chi connectivity index (χ3v) is 3.16. The van der Waals surface area contributed by atoms with Gasteiger partial charge in [-0.05, 0) is 36.4 Å². The van der Waals surface area contributed by atoms with Gasteiger partial charge in [0.2, 0.25) is 0 Å². The van der Waals surface area contributed by atoms with Gasteiger partial charge >= 0.3 is 0 Å². The van der Waals surface area contributed by atoms with Crippen LogP contribution in [0.25, 0.3) is 11.0 Å². The van der Waals surface area contributed by atoms with E-state index in [4.69, 9.17) is 5.26 Å². The van der Waals surface area contributed by atoms with Crippen LogP contribution < -0.4 is 5.32 Å². The summed E-state index contributed by atoms with van der Waals surface area (Å²) in [5.41, 5.74) is 2.04. The summed E-state index contributed by atoms with van der Waals surface area (Å²) >= 11 is 0. The van der Waals surface area contributed by atoms with Crippen LogP contribution in [0.15, 0.2) is 42.5 Å². The molecule has 0 fully saturated rings. The van der Waals surface area contributed by atoms with Gasteiger partial charge in [-0.3, -0.25) is 4.79 Å². The van der Waals surface area contributed by atoms with Crippen LogP contribution in [0, 0.1) is 17.1 Å². The monoisotopic (exact) mass is 294 g/mol. The minimum atomic E-state index is -0.347. The van der Waals surface area contributed by atoms with Crippen LogP contribution in [-0.4, -0.2) is 15.9 Å². The van der Waals surface area contributed by atoms with E-state index in [1.165, 1.54) is 18.2 Å². The maximum Gasteiger partial charge on any atom is 0.251 e. The Kier molecular flexibility index (Phi) is 3.54. The highest BCUT2D eigenvalue weighted by Crippen LogP contribution is 2.13. The molecule has 0 aliphatic carbocycles. The number of benzene rings is 2. The average molecular weight is 294 g/mol. The van der Waals surface area contributed by atoms with E-state index >= 15 is 0 Å². The predicted molar refractivity (Wildman–Crippen MR) is 78.4 cm³/mol. The summed E-state index contributed by atoms with van der Waals surface area (Å²) in [6.07, 6.45) is 0. The Balaban J connectivity index is 1.73. The largest absolute Gasteiger partial charge is 0.345 e. The normalized spacial score (nSPS) is 10.4. The molecule has 0 radical (unpaired) electrons. The number of H-pyrrole nitrogens is 1. The molecule has 3 aromatic rings. The molecule has 1 amide bonds. The second-order valence-corrected chi connectivity index (χ2v) is 4.72. The summed E-state index contributed by atoms with van der Waals surface area (Å²) < 4.78 is 13.1. The fourth-order valence-electron chi connectivity index (χ4n) is 2.11. The van der Waals surface area contributed by atoms with E-state index in [-0.39, 0.29) is 18.3 Å². The lowest BCUT2D eigenvalue weighted by molar-refractivity contribution is 0.0950. The van der Waals surface area contributed by atoms with Crippen molar-refractivity contribution in [3.05, 3.63) is 65.2 Å². The smallest absolute Gasteiger partial charge is 0.251 e. The lowest BCUT2D eigenvalue weighted by Gasteiger charge is -2.03. The van der Waals surface area contributed by atoms with Crippen LogP contribution in [0.2, 0.25) is 0 Å². The molecule has 0 unspecified atom stereocenters. The third kappa shape index (κ3) is 2.79. The number of nitrogens with one attached hydrogen (secondary N) is 2. The summed E-state index contributed by atoms with van der Waals surface area (Å²) in [6, 6.07) is 12.7. The van der Waals surface area contributed by atoms with E-state index in [1.807, 2.05) is 6.07 Å². The maximum atomic E-state index is 13.1. The van der Waals surface area contributed by atoms with Gasteiger partial charge in [-0.2, -0.15) is 5.26 Å². The number of fused-ring (bicyclic) bond motifs is 1. The number of amides is 1. The topological polar surface area (TPSA) is 81.6 Å². The van der Waals surface area contributed by atoms with Crippen molar-refractivity contribution in [2.45, 2.75) is 6.54 Å². The van der Waals surface area contributed by atoms with Crippen molar-refractivity contribution in [2.75, 3.05) is 0 Å². The van der Waals surface area contributed by atoms with Crippen molar-refractivity contribution in [1.29, 1.82) is 5.26 Å². The van der Waals surface area contributed by atoms with Gasteiger partial charge in [-0.25, -0.2) is 9.37 Å². The average Bonchev–Trinajstić information content (AvgIpc) is 2.94. The van der Waals surface area contributed by atoms with E-state index in [0.717, 1.165) is 0 Å². The summed E-state index contributed by atoms with van der Waals surface area (Å²) in [7, 11) is 0. The van der Waals surface area contributed by atoms with Crippen LogP contribution in [-0.2, 0) is 6.54 Å². The van der Waals surface area contributed by atoms with Gasteiger partial charge in [0.05, 0.1) is 29.2 Å². The van der Waals surface area contributed by atoms with Crippen LogP contribution in [0.3, 0.4) is 0 Å². The maximum absolute atomic E-state index is 13.1. The highest BCUT2D eigenvalue weighted by atomic mass is 19.1. The standard InChI is InChI=1S/C16H11FN4O/c17-12-4-5-13-14(7-12)21-15(20-13)9-19-16(22)11-3-1-2-10(6-11)8-18/h1-7H,9H2,(H,19,22)(H,20,21). The first-order valence-electron chi connectivity index (χ1n) is 6.58. The number of rotatable bonds is 3. The quantitative estimate of drug-likeness (QED) is 0.778. The highest BCUT2D eigenvalue weighted by molar-refractivity contribution is 5.94. The molecule has 108 valence electrons. The van der Waals surface area contributed by atoms with E-state index in [2.05, 4.69) is 15.3 Å². The zero-order valence-corrected chi connectivity index (χ0v) is 11.4. The van der Waals surface area contributed by atoms with Crippen molar-refractivity contribution in [3.8, 4) is 6.07 Å².